The summed E-state index contributed by atoms with van der Waals surface area (Å²) in [6.45, 7) is 0. The molecule has 0 heterocycles. The van der Waals surface area contributed by atoms with Crippen LogP contribution in [0.5, 0.6) is 0 Å². The van der Waals surface area contributed by atoms with Gasteiger partial charge in [0.1, 0.15) is 0 Å². The van der Waals surface area contributed by atoms with Crippen molar-refractivity contribution in [3.63, 3.8) is 0 Å². The van der Waals surface area contributed by atoms with Crippen LogP contribution in [0.2, 0.25) is 0 Å². The van der Waals surface area contributed by atoms with Gasteiger partial charge in [-0.25, -0.2) is 0 Å². The van der Waals surface area contributed by atoms with Gasteiger partial charge in [0.05, 0.1) is 6.04 Å². The van der Waals surface area contributed by atoms with Crippen molar-refractivity contribution in [2.45, 2.75) is 6.04 Å². The Labute approximate surface area is 70.8 Å². The first-order valence-electron chi connectivity index (χ1n) is 4.15. The molecule has 1 nitrogen and oxygen atoms in total. The lowest BCUT2D eigenvalue weighted by Crippen LogP contribution is -1.88. The highest BCUT2D eigenvalue weighted by molar-refractivity contribution is 5.91. The second-order valence-corrected chi connectivity index (χ2v) is 3.27. The third-order valence-electron chi connectivity index (χ3n) is 2.57. The molecule has 1 atom stereocenters. The van der Waals surface area contributed by atoms with Gasteiger partial charge in [-0.1, -0.05) is 36.4 Å². The van der Waals surface area contributed by atoms with Crippen LogP contribution in [-0.2, 0) is 0 Å². The fourth-order valence-electron chi connectivity index (χ4n) is 1.84. The highest BCUT2D eigenvalue weighted by Crippen LogP contribution is 2.43. The monoisotopic (exact) mass is 155 g/mol. The summed E-state index contributed by atoms with van der Waals surface area (Å²) in [4.78, 5) is 0. The first kappa shape index (κ1) is 6.21. The summed E-state index contributed by atoms with van der Waals surface area (Å²) in [7, 11) is 0. The van der Waals surface area contributed by atoms with E-state index in [4.69, 9.17) is 5.73 Å². The standard InChI is InChI=1S/C11H9N/c12-11-9-6-5-7-3-1-2-4-8(7)10(9)11/h1-6,11H,12H2. The van der Waals surface area contributed by atoms with E-state index in [1.54, 1.807) is 0 Å². The van der Waals surface area contributed by atoms with Gasteiger partial charge >= 0.3 is 0 Å². The van der Waals surface area contributed by atoms with Crippen LogP contribution < -0.4 is 5.73 Å². The Morgan fingerprint density at radius 2 is 1.83 bits per heavy atom. The fourth-order valence-corrected chi connectivity index (χ4v) is 1.84. The van der Waals surface area contributed by atoms with Gasteiger partial charge in [-0.2, -0.15) is 0 Å². The molecule has 2 N–H and O–H groups in total. The highest BCUT2D eigenvalue weighted by Gasteiger charge is 2.30. The Bertz CT molecular complexity index is 460. The van der Waals surface area contributed by atoms with Gasteiger partial charge in [-0.05, 0) is 21.9 Å². The maximum Gasteiger partial charge on any atom is 0.0564 e. The zero-order valence-electron chi connectivity index (χ0n) is 6.62. The number of fused-ring (bicyclic) bond motifs is 3. The Hall–Kier alpha value is -1.34. The van der Waals surface area contributed by atoms with E-state index in [-0.39, 0.29) is 6.04 Å². The van der Waals surface area contributed by atoms with E-state index in [2.05, 4.69) is 36.4 Å². The van der Waals surface area contributed by atoms with Gasteiger partial charge in [0, 0.05) is 0 Å². The van der Waals surface area contributed by atoms with E-state index in [1.807, 2.05) is 0 Å². The fraction of sp³-hybridized carbons (Fsp3) is 0.0909. The summed E-state index contributed by atoms with van der Waals surface area (Å²) in [6, 6.07) is 12.9. The zero-order valence-corrected chi connectivity index (χ0v) is 6.62. The van der Waals surface area contributed by atoms with Crippen molar-refractivity contribution in [2.75, 3.05) is 0 Å². The van der Waals surface area contributed by atoms with Crippen LogP contribution in [0.4, 0.5) is 0 Å². The van der Waals surface area contributed by atoms with Crippen LogP contribution >= 0.6 is 0 Å². The summed E-state index contributed by atoms with van der Waals surface area (Å²) in [5, 5.41) is 2.62. The van der Waals surface area contributed by atoms with E-state index in [1.165, 1.54) is 21.9 Å². The second-order valence-electron chi connectivity index (χ2n) is 3.27. The smallest absolute Gasteiger partial charge is 0.0564 e. The minimum Gasteiger partial charge on any atom is -0.320 e. The van der Waals surface area contributed by atoms with Crippen molar-refractivity contribution in [3.8, 4) is 0 Å². The lowest BCUT2D eigenvalue weighted by Gasteiger charge is -1.92. The molecular weight excluding hydrogens is 146 g/mol. The molecule has 1 aliphatic rings. The molecular formula is C11H9N. The van der Waals surface area contributed by atoms with Crippen molar-refractivity contribution in [2.24, 2.45) is 5.73 Å². The van der Waals surface area contributed by atoms with Gasteiger partial charge in [0.2, 0.25) is 0 Å². The lowest BCUT2D eigenvalue weighted by atomic mass is 10.1. The van der Waals surface area contributed by atoms with Gasteiger partial charge in [0.25, 0.3) is 0 Å². The first-order valence-corrected chi connectivity index (χ1v) is 4.15. The molecule has 2 aromatic rings. The first-order chi connectivity index (χ1) is 5.88. The number of hydrogen-bond donors (Lipinski definition) is 1. The number of nitrogens with two attached hydrogens (primary N) is 1. The summed E-state index contributed by atoms with van der Waals surface area (Å²) >= 11 is 0. The summed E-state index contributed by atoms with van der Waals surface area (Å²) in [5.41, 5.74) is 8.52. The molecule has 0 bridgehead atoms. The van der Waals surface area contributed by atoms with Gasteiger partial charge in [-0.3, -0.25) is 0 Å². The van der Waals surface area contributed by atoms with Crippen molar-refractivity contribution in [1.82, 2.24) is 0 Å². The third-order valence-corrected chi connectivity index (χ3v) is 2.57. The Morgan fingerprint density at radius 1 is 1.00 bits per heavy atom. The van der Waals surface area contributed by atoms with E-state index in [9.17, 15) is 0 Å². The molecule has 0 fully saturated rings. The minimum atomic E-state index is 0.213. The molecule has 0 aromatic heterocycles. The van der Waals surface area contributed by atoms with Crippen LogP contribution in [0.25, 0.3) is 10.8 Å². The maximum absolute atomic E-state index is 5.86. The Balaban J connectivity index is 2.47. The van der Waals surface area contributed by atoms with Crippen molar-refractivity contribution in [3.05, 3.63) is 47.5 Å². The van der Waals surface area contributed by atoms with Gasteiger partial charge in [-0.15, -0.1) is 0 Å². The van der Waals surface area contributed by atoms with Crippen LogP contribution in [0.1, 0.15) is 17.2 Å². The lowest BCUT2D eigenvalue weighted by molar-refractivity contribution is 1.07. The second kappa shape index (κ2) is 1.87. The largest absolute Gasteiger partial charge is 0.320 e. The molecule has 1 heteroatoms. The van der Waals surface area contributed by atoms with Crippen LogP contribution in [0.15, 0.2) is 36.4 Å². The predicted octanol–water partition coefficient (Wildman–Crippen LogP) is 2.20. The average molecular weight is 155 g/mol. The summed E-state index contributed by atoms with van der Waals surface area (Å²) in [6.07, 6.45) is 0. The molecule has 0 saturated heterocycles. The third kappa shape index (κ3) is 0.619. The summed E-state index contributed by atoms with van der Waals surface area (Å²) in [5.74, 6) is 0. The SMILES string of the molecule is NC1c2ccc3ccccc3c21. The number of hydrogen-bond acceptors (Lipinski definition) is 1. The van der Waals surface area contributed by atoms with Crippen molar-refractivity contribution >= 4 is 10.8 Å². The van der Waals surface area contributed by atoms with Crippen LogP contribution in [0.3, 0.4) is 0 Å². The molecule has 12 heavy (non-hydrogen) atoms. The molecule has 1 aliphatic carbocycles. The summed E-state index contributed by atoms with van der Waals surface area (Å²) < 4.78 is 0. The molecule has 1 unspecified atom stereocenters. The molecule has 0 aliphatic heterocycles. The van der Waals surface area contributed by atoms with E-state index >= 15 is 0 Å². The minimum absolute atomic E-state index is 0.213. The topological polar surface area (TPSA) is 26.0 Å². The average Bonchev–Trinajstić information content (AvgIpc) is 2.78. The van der Waals surface area contributed by atoms with Crippen molar-refractivity contribution in [1.29, 1.82) is 0 Å². The Kier molecular flexibility index (Phi) is 0.969. The van der Waals surface area contributed by atoms with Crippen LogP contribution in [-0.4, -0.2) is 0 Å². The molecule has 0 spiro atoms. The Morgan fingerprint density at radius 3 is 2.75 bits per heavy atom. The number of benzene rings is 2. The number of rotatable bonds is 0. The molecule has 0 radical (unpaired) electrons. The molecule has 3 rings (SSSR count). The van der Waals surface area contributed by atoms with Gasteiger partial charge in [0.15, 0.2) is 0 Å². The maximum atomic E-state index is 5.86. The van der Waals surface area contributed by atoms with E-state index in [0.29, 0.717) is 0 Å². The van der Waals surface area contributed by atoms with Gasteiger partial charge < -0.3 is 5.73 Å². The highest BCUT2D eigenvalue weighted by atomic mass is 14.7. The molecule has 0 amide bonds. The van der Waals surface area contributed by atoms with E-state index < -0.39 is 0 Å². The predicted molar refractivity (Wildman–Crippen MR) is 50.0 cm³/mol. The normalized spacial score (nSPS) is 19.2. The van der Waals surface area contributed by atoms with E-state index in [0.717, 1.165) is 0 Å². The molecule has 2 aromatic carbocycles. The zero-order chi connectivity index (χ0) is 8.13. The van der Waals surface area contributed by atoms with Crippen LogP contribution in [0, 0.1) is 0 Å². The van der Waals surface area contributed by atoms with Crippen molar-refractivity contribution < 1.29 is 0 Å². The molecule has 0 saturated carbocycles. The quantitative estimate of drug-likeness (QED) is 0.620. The molecule has 58 valence electrons.